The van der Waals surface area contributed by atoms with Crippen LogP contribution in [0, 0.1) is 12.7 Å². The van der Waals surface area contributed by atoms with E-state index in [4.69, 9.17) is 0 Å². The topological polar surface area (TPSA) is 66.5 Å². The highest BCUT2D eigenvalue weighted by molar-refractivity contribution is 7.98. The SMILES string of the molecule is Cc1ccc(S(=O)(=O)N2CCCCC2)cc1C(=O)NCCSCc1ccccc1F. The number of amides is 1. The van der Waals surface area contributed by atoms with E-state index in [2.05, 4.69) is 5.32 Å². The molecule has 0 unspecified atom stereocenters. The number of carbonyl (C=O) groups excluding carboxylic acids is 1. The van der Waals surface area contributed by atoms with Gasteiger partial charge in [0.2, 0.25) is 10.0 Å². The van der Waals surface area contributed by atoms with Crippen molar-refractivity contribution in [1.82, 2.24) is 9.62 Å². The number of carbonyl (C=O) groups is 1. The number of halogens is 1. The van der Waals surface area contributed by atoms with E-state index < -0.39 is 10.0 Å². The van der Waals surface area contributed by atoms with E-state index in [1.165, 1.54) is 28.2 Å². The van der Waals surface area contributed by atoms with E-state index in [0.29, 0.717) is 42.3 Å². The second-order valence-corrected chi connectivity index (χ2v) is 10.4. The fraction of sp³-hybridized carbons (Fsp3) is 0.409. The van der Waals surface area contributed by atoms with Gasteiger partial charge in [0.1, 0.15) is 5.82 Å². The Morgan fingerprint density at radius 3 is 2.60 bits per heavy atom. The molecule has 0 atom stereocenters. The summed E-state index contributed by atoms with van der Waals surface area (Å²) < 4.78 is 40.9. The summed E-state index contributed by atoms with van der Waals surface area (Å²) in [6.07, 6.45) is 2.77. The maximum absolute atomic E-state index is 13.6. The molecule has 5 nitrogen and oxygen atoms in total. The number of hydrogen-bond acceptors (Lipinski definition) is 4. The van der Waals surface area contributed by atoms with Gasteiger partial charge in [0.05, 0.1) is 4.90 Å². The van der Waals surface area contributed by atoms with Crippen LogP contribution in [0.2, 0.25) is 0 Å². The molecule has 0 spiro atoms. The molecular weight excluding hydrogens is 423 g/mol. The maximum atomic E-state index is 13.6. The number of piperidine rings is 1. The summed E-state index contributed by atoms with van der Waals surface area (Å²) in [5.41, 5.74) is 1.73. The van der Waals surface area contributed by atoms with Crippen LogP contribution in [0.4, 0.5) is 4.39 Å². The number of aryl methyl sites for hydroxylation is 1. The molecule has 1 amide bonds. The van der Waals surface area contributed by atoms with Crippen molar-refractivity contribution in [2.24, 2.45) is 0 Å². The first kappa shape index (κ1) is 22.8. The Labute approximate surface area is 182 Å². The average molecular weight is 451 g/mol. The highest BCUT2D eigenvalue weighted by Crippen LogP contribution is 2.23. The monoisotopic (exact) mass is 450 g/mol. The molecule has 1 fully saturated rings. The molecule has 0 saturated carbocycles. The van der Waals surface area contributed by atoms with E-state index in [0.717, 1.165) is 24.8 Å². The van der Waals surface area contributed by atoms with Gasteiger partial charge >= 0.3 is 0 Å². The van der Waals surface area contributed by atoms with Gasteiger partial charge in [-0.05, 0) is 49.1 Å². The van der Waals surface area contributed by atoms with Crippen LogP contribution in [0.1, 0.15) is 40.7 Å². The van der Waals surface area contributed by atoms with Crippen molar-refractivity contribution in [1.29, 1.82) is 0 Å². The van der Waals surface area contributed by atoms with Crippen LogP contribution in [-0.2, 0) is 15.8 Å². The molecule has 1 heterocycles. The Kier molecular flexibility index (Phi) is 7.91. The minimum atomic E-state index is -3.58. The zero-order valence-corrected chi connectivity index (χ0v) is 18.7. The van der Waals surface area contributed by atoms with Crippen LogP contribution >= 0.6 is 11.8 Å². The summed E-state index contributed by atoms with van der Waals surface area (Å²) in [6.45, 7) is 3.26. The molecular formula is C22H27FN2O3S2. The highest BCUT2D eigenvalue weighted by Gasteiger charge is 2.27. The van der Waals surface area contributed by atoms with E-state index in [1.807, 2.05) is 0 Å². The Balaban J connectivity index is 1.57. The van der Waals surface area contributed by atoms with E-state index in [9.17, 15) is 17.6 Å². The molecule has 1 saturated heterocycles. The third-order valence-electron chi connectivity index (χ3n) is 5.15. The molecule has 0 bridgehead atoms. The standard InChI is InChI=1S/C22H27FN2O3S2/c1-17-9-10-19(30(27,28)25-12-5-2-6-13-25)15-20(17)22(26)24-11-14-29-16-18-7-3-4-8-21(18)23/h3-4,7-10,15H,2,5-6,11-14,16H2,1H3,(H,24,26). The fourth-order valence-corrected chi connectivity index (χ4v) is 5.78. The number of sulfonamides is 1. The van der Waals surface area contributed by atoms with Crippen LogP contribution in [0.5, 0.6) is 0 Å². The summed E-state index contributed by atoms with van der Waals surface area (Å²) in [4.78, 5) is 12.8. The second-order valence-electron chi connectivity index (χ2n) is 7.34. The molecule has 2 aromatic carbocycles. The Hall–Kier alpha value is -1.90. The van der Waals surface area contributed by atoms with Crippen molar-refractivity contribution in [3.05, 3.63) is 65.0 Å². The number of rotatable bonds is 8. The molecule has 162 valence electrons. The van der Waals surface area contributed by atoms with Gasteiger partial charge in [-0.1, -0.05) is 30.7 Å². The Morgan fingerprint density at radius 1 is 1.13 bits per heavy atom. The minimum absolute atomic E-state index is 0.161. The van der Waals surface area contributed by atoms with Crippen molar-refractivity contribution >= 4 is 27.7 Å². The van der Waals surface area contributed by atoms with Gasteiger partial charge < -0.3 is 5.32 Å². The van der Waals surface area contributed by atoms with Gasteiger partial charge in [-0.3, -0.25) is 4.79 Å². The van der Waals surface area contributed by atoms with Crippen molar-refractivity contribution < 1.29 is 17.6 Å². The van der Waals surface area contributed by atoms with Gasteiger partial charge in [-0.2, -0.15) is 16.1 Å². The quantitative estimate of drug-likeness (QED) is 0.618. The summed E-state index contributed by atoms with van der Waals surface area (Å²) >= 11 is 1.53. The molecule has 1 aliphatic rings. The lowest BCUT2D eigenvalue weighted by Gasteiger charge is -2.26. The molecule has 2 aromatic rings. The molecule has 3 rings (SSSR count). The van der Waals surface area contributed by atoms with Crippen molar-refractivity contribution in [2.75, 3.05) is 25.4 Å². The molecule has 0 aromatic heterocycles. The van der Waals surface area contributed by atoms with Gasteiger partial charge in [-0.25, -0.2) is 12.8 Å². The lowest BCUT2D eigenvalue weighted by molar-refractivity contribution is 0.0955. The predicted molar refractivity (Wildman–Crippen MR) is 119 cm³/mol. The summed E-state index contributed by atoms with van der Waals surface area (Å²) in [5, 5.41) is 2.84. The zero-order chi connectivity index (χ0) is 21.6. The van der Waals surface area contributed by atoms with Gasteiger partial charge in [-0.15, -0.1) is 0 Å². The van der Waals surface area contributed by atoms with Gasteiger partial charge in [0.15, 0.2) is 0 Å². The normalized spacial score (nSPS) is 15.1. The largest absolute Gasteiger partial charge is 0.351 e. The first-order valence-electron chi connectivity index (χ1n) is 10.1. The number of thioether (sulfide) groups is 1. The van der Waals surface area contributed by atoms with Crippen LogP contribution in [-0.4, -0.2) is 44.0 Å². The highest BCUT2D eigenvalue weighted by atomic mass is 32.2. The molecule has 1 aliphatic heterocycles. The molecule has 0 aliphatic carbocycles. The van der Waals surface area contributed by atoms with Gasteiger partial charge in [0.25, 0.3) is 5.91 Å². The Bertz CT molecular complexity index is 990. The van der Waals surface area contributed by atoms with E-state index in [1.54, 1.807) is 37.3 Å². The van der Waals surface area contributed by atoms with Crippen LogP contribution in [0.3, 0.4) is 0 Å². The molecule has 30 heavy (non-hydrogen) atoms. The van der Waals surface area contributed by atoms with Crippen LogP contribution in [0.15, 0.2) is 47.4 Å². The van der Waals surface area contributed by atoms with Gasteiger partial charge in [0, 0.05) is 36.7 Å². The lowest BCUT2D eigenvalue weighted by atomic mass is 10.1. The smallest absolute Gasteiger partial charge is 0.251 e. The predicted octanol–water partition coefficient (Wildman–Crippen LogP) is 3.97. The zero-order valence-electron chi connectivity index (χ0n) is 17.1. The van der Waals surface area contributed by atoms with Crippen molar-refractivity contribution in [3.8, 4) is 0 Å². The first-order chi connectivity index (χ1) is 14.4. The number of nitrogens with one attached hydrogen (secondary N) is 1. The molecule has 8 heteroatoms. The minimum Gasteiger partial charge on any atom is -0.351 e. The second kappa shape index (κ2) is 10.4. The van der Waals surface area contributed by atoms with Crippen molar-refractivity contribution in [3.63, 3.8) is 0 Å². The van der Waals surface area contributed by atoms with E-state index in [-0.39, 0.29) is 16.6 Å². The summed E-state index contributed by atoms with van der Waals surface area (Å²) in [6, 6.07) is 11.4. The van der Waals surface area contributed by atoms with Crippen molar-refractivity contribution in [2.45, 2.75) is 36.8 Å². The third kappa shape index (κ3) is 5.62. The third-order valence-corrected chi connectivity index (χ3v) is 8.06. The lowest BCUT2D eigenvalue weighted by Crippen LogP contribution is -2.35. The number of nitrogens with zero attached hydrogens (tertiary/aromatic N) is 1. The van der Waals surface area contributed by atoms with E-state index >= 15 is 0 Å². The summed E-state index contributed by atoms with van der Waals surface area (Å²) in [5.74, 6) is 0.641. The fourth-order valence-electron chi connectivity index (χ4n) is 3.39. The average Bonchev–Trinajstić information content (AvgIpc) is 2.75. The summed E-state index contributed by atoms with van der Waals surface area (Å²) in [7, 11) is -3.58. The molecule has 1 N–H and O–H groups in total. The Morgan fingerprint density at radius 2 is 1.87 bits per heavy atom. The first-order valence-corrected chi connectivity index (χ1v) is 12.7. The van der Waals surface area contributed by atoms with Crippen LogP contribution < -0.4 is 5.32 Å². The van der Waals surface area contributed by atoms with Crippen LogP contribution in [0.25, 0.3) is 0 Å². The molecule has 0 radical (unpaired) electrons. The number of hydrogen-bond donors (Lipinski definition) is 1. The maximum Gasteiger partial charge on any atom is 0.251 e. The number of benzene rings is 2.